The van der Waals surface area contributed by atoms with Crippen LogP contribution in [0.25, 0.3) is 6.08 Å². The summed E-state index contributed by atoms with van der Waals surface area (Å²) in [5.41, 5.74) is 1.06. The van der Waals surface area contributed by atoms with Crippen LogP contribution in [0.3, 0.4) is 0 Å². The summed E-state index contributed by atoms with van der Waals surface area (Å²) < 4.78 is 27.5. The Morgan fingerprint density at radius 2 is 1.40 bits per heavy atom. The smallest absolute Gasteiger partial charge is 0.203 e. The van der Waals surface area contributed by atoms with Gasteiger partial charge in [-0.05, 0) is 36.8 Å². The first-order chi connectivity index (χ1) is 12.2. The van der Waals surface area contributed by atoms with E-state index in [1.54, 1.807) is 21.3 Å². The molecule has 0 spiro atoms. The van der Waals surface area contributed by atoms with Gasteiger partial charge in [-0.1, -0.05) is 24.3 Å². The molecule has 0 atom stereocenters. The van der Waals surface area contributed by atoms with Crippen LogP contribution >= 0.6 is 0 Å². The SMILES string of the molecule is CC=Cc1ccc(OCCOc2c(OC)cccc2OC)c(OC)c1. The molecule has 0 amide bonds. The number of hydrogen-bond acceptors (Lipinski definition) is 5. The van der Waals surface area contributed by atoms with Crippen LogP contribution in [0.2, 0.25) is 0 Å². The first kappa shape index (κ1) is 18.5. The average molecular weight is 344 g/mol. The number of hydrogen-bond donors (Lipinski definition) is 0. The second-order valence-corrected chi connectivity index (χ2v) is 5.10. The third-order valence-corrected chi connectivity index (χ3v) is 3.52. The van der Waals surface area contributed by atoms with E-state index >= 15 is 0 Å². The molecule has 5 nitrogen and oxygen atoms in total. The molecule has 5 heteroatoms. The summed E-state index contributed by atoms with van der Waals surface area (Å²) in [5, 5.41) is 0. The molecule has 0 radical (unpaired) electrons. The van der Waals surface area contributed by atoms with E-state index in [1.165, 1.54) is 0 Å². The van der Waals surface area contributed by atoms with Crippen molar-refractivity contribution in [3.63, 3.8) is 0 Å². The largest absolute Gasteiger partial charge is 0.493 e. The Hall–Kier alpha value is -2.82. The fourth-order valence-corrected chi connectivity index (χ4v) is 2.35. The third kappa shape index (κ3) is 4.83. The van der Waals surface area contributed by atoms with E-state index in [-0.39, 0.29) is 0 Å². The van der Waals surface area contributed by atoms with Gasteiger partial charge in [-0.3, -0.25) is 0 Å². The molecular formula is C20H24O5. The second-order valence-electron chi connectivity index (χ2n) is 5.10. The predicted octanol–water partition coefficient (Wildman–Crippen LogP) is 4.20. The van der Waals surface area contributed by atoms with E-state index in [9.17, 15) is 0 Å². The Morgan fingerprint density at radius 3 is 2.00 bits per heavy atom. The lowest BCUT2D eigenvalue weighted by atomic mass is 10.2. The maximum Gasteiger partial charge on any atom is 0.203 e. The minimum absolute atomic E-state index is 0.344. The van der Waals surface area contributed by atoms with E-state index in [2.05, 4.69) is 0 Å². The molecule has 0 unspecified atom stereocenters. The quantitative estimate of drug-likeness (QED) is 0.638. The number of benzene rings is 2. The van der Waals surface area contributed by atoms with Gasteiger partial charge in [0.25, 0.3) is 0 Å². The molecular weight excluding hydrogens is 320 g/mol. The van der Waals surface area contributed by atoms with Crippen molar-refractivity contribution in [1.82, 2.24) is 0 Å². The molecule has 2 rings (SSSR count). The maximum absolute atomic E-state index is 5.78. The van der Waals surface area contributed by atoms with E-state index in [1.807, 2.05) is 55.5 Å². The van der Waals surface area contributed by atoms with Crippen LogP contribution < -0.4 is 23.7 Å². The van der Waals surface area contributed by atoms with Crippen molar-refractivity contribution in [3.05, 3.63) is 48.0 Å². The van der Waals surface area contributed by atoms with Gasteiger partial charge in [0.05, 0.1) is 21.3 Å². The van der Waals surface area contributed by atoms with Crippen molar-refractivity contribution >= 4 is 6.08 Å². The van der Waals surface area contributed by atoms with Gasteiger partial charge in [0.15, 0.2) is 23.0 Å². The zero-order valence-electron chi connectivity index (χ0n) is 15.1. The van der Waals surface area contributed by atoms with E-state index in [0.29, 0.717) is 42.0 Å². The van der Waals surface area contributed by atoms with Gasteiger partial charge >= 0.3 is 0 Å². The monoisotopic (exact) mass is 344 g/mol. The molecule has 0 fully saturated rings. The Labute approximate surface area is 148 Å². The Morgan fingerprint density at radius 1 is 0.760 bits per heavy atom. The highest BCUT2D eigenvalue weighted by Crippen LogP contribution is 2.36. The first-order valence-electron chi connectivity index (χ1n) is 8.00. The average Bonchev–Trinajstić information content (AvgIpc) is 2.65. The predicted molar refractivity (Wildman–Crippen MR) is 98.2 cm³/mol. The summed E-state index contributed by atoms with van der Waals surface area (Å²) in [7, 11) is 4.81. The molecule has 2 aromatic rings. The molecule has 25 heavy (non-hydrogen) atoms. The molecule has 0 N–H and O–H groups in total. The van der Waals surface area contributed by atoms with Crippen molar-refractivity contribution in [2.24, 2.45) is 0 Å². The number of methoxy groups -OCH3 is 3. The minimum atomic E-state index is 0.344. The van der Waals surface area contributed by atoms with Crippen LogP contribution in [-0.4, -0.2) is 34.5 Å². The highest BCUT2D eigenvalue weighted by molar-refractivity contribution is 5.55. The van der Waals surface area contributed by atoms with Gasteiger partial charge in [0.2, 0.25) is 5.75 Å². The van der Waals surface area contributed by atoms with E-state index < -0.39 is 0 Å². The van der Waals surface area contributed by atoms with Crippen molar-refractivity contribution in [2.75, 3.05) is 34.5 Å². The van der Waals surface area contributed by atoms with Crippen LogP contribution in [0.15, 0.2) is 42.5 Å². The molecule has 0 heterocycles. The molecule has 0 bridgehead atoms. The zero-order valence-corrected chi connectivity index (χ0v) is 15.1. The molecule has 0 saturated heterocycles. The fraction of sp³-hybridized carbons (Fsp3) is 0.300. The van der Waals surface area contributed by atoms with Gasteiger partial charge in [0, 0.05) is 0 Å². The van der Waals surface area contributed by atoms with E-state index in [0.717, 1.165) is 5.56 Å². The van der Waals surface area contributed by atoms with Gasteiger partial charge in [0.1, 0.15) is 13.2 Å². The number of para-hydroxylation sites is 1. The van der Waals surface area contributed by atoms with Crippen molar-refractivity contribution in [2.45, 2.75) is 6.92 Å². The topological polar surface area (TPSA) is 46.2 Å². The summed E-state index contributed by atoms with van der Waals surface area (Å²) in [6, 6.07) is 11.3. The molecule has 2 aromatic carbocycles. The molecule has 0 aliphatic carbocycles. The molecule has 134 valence electrons. The Bertz CT molecular complexity index is 687. The van der Waals surface area contributed by atoms with Crippen LogP contribution in [-0.2, 0) is 0 Å². The van der Waals surface area contributed by atoms with Gasteiger partial charge < -0.3 is 23.7 Å². The Balaban J connectivity index is 1.98. The van der Waals surface area contributed by atoms with Crippen molar-refractivity contribution in [3.8, 4) is 28.7 Å². The zero-order chi connectivity index (χ0) is 18.1. The first-order valence-corrected chi connectivity index (χ1v) is 8.00. The Kier molecular flexibility index (Phi) is 7.01. The molecule has 0 aromatic heterocycles. The third-order valence-electron chi connectivity index (χ3n) is 3.52. The summed E-state index contributed by atoms with van der Waals surface area (Å²) in [6.07, 6.45) is 3.98. The van der Waals surface area contributed by atoms with Crippen LogP contribution in [0, 0.1) is 0 Å². The summed E-state index contributed by atoms with van der Waals surface area (Å²) in [6.45, 7) is 2.68. The van der Waals surface area contributed by atoms with Crippen LogP contribution in [0.1, 0.15) is 12.5 Å². The van der Waals surface area contributed by atoms with Crippen LogP contribution in [0.4, 0.5) is 0 Å². The highest BCUT2D eigenvalue weighted by Gasteiger charge is 2.11. The molecule has 0 aliphatic rings. The van der Waals surface area contributed by atoms with Crippen molar-refractivity contribution in [1.29, 1.82) is 0 Å². The van der Waals surface area contributed by atoms with Crippen molar-refractivity contribution < 1.29 is 23.7 Å². The summed E-state index contributed by atoms with van der Waals surface area (Å²) >= 11 is 0. The van der Waals surface area contributed by atoms with E-state index in [4.69, 9.17) is 23.7 Å². The summed E-state index contributed by atoms with van der Waals surface area (Å²) in [5.74, 6) is 3.16. The fourth-order valence-electron chi connectivity index (χ4n) is 2.35. The standard InChI is InChI=1S/C20H24O5/c1-5-7-15-10-11-16(19(14-15)23-4)24-12-13-25-20-17(21-2)8-6-9-18(20)22-3/h5-11,14H,12-13H2,1-4H3. The molecule has 0 aliphatic heterocycles. The lowest BCUT2D eigenvalue weighted by molar-refractivity contribution is 0.200. The number of ether oxygens (including phenoxy) is 5. The van der Waals surface area contributed by atoms with Crippen LogP contribution in [0.5, 0.6) is 28.7 Å². The second kappa shape index (κ2) is 9.47. The number of allylic oxidation sites excluding steroid dienone is 1. The van der Waals surface area contributed by atoms with Gasteiger partial charge in [-0.15, -0.1) is 0 Å². The lowest BCUT2D eigenvalue weighted by Crippen LogP contribution is -2.10. The summed E-state index contributed by atoms with van der Waals surface area (Å²) in [4.78, 5) is 0. The van der Waals surface area contributed by atoms with Gasteiger partial charge in [-0.25, -0.2) is 0 Å². The molecule has 0 saturated carbocycles. The minimum Gasteiger partial charge on any atom is -0.493 e. The highest BCUT2D eigenvalue weighted by atomic mass is 16.6. The lowest BCUT2D eigenvalue weighted by Gasteiger charge is -2.15. The normalized spacial score (nSPS) is 10.6. The number of rotatable bonds is 9. The maximum atomic E-state index is 5.78. The van der Waals surface area contributed by atoms with Gasteiger partial charge in [-0.2, -0.15) is 0 Å².